The van der Waals surface area contributed by atoms with Crippen LogP contribution in [0.15, 0.2) is 23.1 Å². The van der Waals surface area contributed by atoms with Gasteiger partial charge in [0.1, 0.15) is 5.82 Å². The van der Waals surface area contributed by atoms with E-state index in [2.05, 4.69) is 27.1 Å². The zero-order chi connectivity index (χ0) is 19.5. The smallest absolute Gasteiger partial charge is 0.351 e. The van der Waals surface area contributed by atoms with E-state index < -0.39 is 5.41 Å². The lowest BCUT2D eigenvalue weighted by atomic mass is 10.1. The van der Waals surface area contributed by atoms with Gasteiger partial charge in [0.05, 0.1) is 18.0 Å². The van der Waals surface area contributed by atoms with Crippen molar-refractivity contribution >= 4 is 11.6 Å². The van der Waals surface area contributed by atoms with Crippen molar-refractivity contribution in [2.24, 2.45) is 5.41 Å². The number of rotatable bonds is 3. The molecule has 2 aliphatic rings. The average Bonchev–Trinajstić information content (AvgIpc) is 3.42. The molecule has 0 aromatic carbocycles. The van der Waals surface area contributed by atoms with Crippen LogP contribution in [-0.4, -0.2) is 30.7 Å². The van der Waals surface area contributed by atoms with Crippen molar-refractivity contribution in [1.29, 1.82) is 5.26 Å². The first-order valence-electron chi connectivity index (χ1n) is 9.57. The molecule has 0 bridgehead atoms. The van der Waals surface area contributed by atoms with Crippen LogP contribution in [0.5, 0.6) is 0 Å². The fourth-order valence-corrected chi connectivity index (χ4v) is 3.97. The minimum atomic E-state index is -0.433. The molecule has 3 aromatic heterocycles. The Kier molecular flexibility index (Phi) is 3.56. The molecule has 142 valence electrons. The minimum Gasteiger partial charge on any atom is -0.351 e. The van der Waals surface area contributed by atoms with Gasteiger partial charge in [0.15, 0.2) is 0 Å². The van der Waals surface area contributed by atoms with Gasteiger partial charge >= 0.3 is 5.69 Å². The third-order valence-corrected chi connectivity index (χ3v) is 6.05. The van der Waals surface area contributed by atoms with E-state index in [-0.39, 0.29) is 5.69 Å². The molecule has 0 saturated heterocycles. The Bertz CT molecular complexity index is 1200. The molecule has 0 atom stereocenters. The van der Waals surface area contributed by atoms with Gasteiger partial charge in [-0.05, 0) is 38.3 Å². The van der Waals surface area contributed by atoms with Gasteiger partial charge in [-0.15, -0.1) is 5.10 Å². The van der Waals surface area contributed by atoms with Crippen LogP contribution in [0, 0.1) is 30.6 Å². The molecule has 3 aromatic rings. The first kappa shape index (κ1) is 16.9. The van der Waals surface area contributed by atoms with E-state index in [1.807, 2.05) is 26.1 Å². The number of aryl methyl sites for hydroxylation is 1. The highest BCUT2D eigenvalue weighted by atomic mass is 16.2. The zero-order valence-corrected chi connectivity index (χ0v) is 16.0. The van der Waals surface area contributed by atoms with Gasteiger partial charge in [0, 0.05) is 42.7 Å². The van der Waals surface area contributed by atoms with Crippen molar-refractivity contribution in [3.05, 3.63) is 51.3 Å². The molecule has 4 heterocycles. The van der Waals surface area contributed by atoms with Crippen molar-refractivity contribution in [2.75, 3.05) is 11.4 Å². The van der Waals surface area contributed by atoms with E-state index in [0.717, 1.165) is 55.1 Å². The maximum Gasteiger partial charge on any atom is 0.351 e. The van der Waals surface area contributed by atoms with Crippen LogP contribution in [0.3, 0.4) is 0 Å². The van der Waals surface area contributed by atoms with Crippen molar-refractivity contribution in [3.63, 3.8) is 0 Å². The number of anilines is 1. The summed E-state index contributed by atoms with van der Waals surface area (Å²) in [6.07, 6.45) is 4.35. The SMILES string of the molecule is Cc1c(N2CCc3ncccc3C2)nc2nn(CC3(C#N)CC3)c(=O)n2c1C. The molecule has 0 spiro atoms. The predicted octanol–water partition coefficient (Wildman–Crippen LogP) is 1.77. The third-order valence-electron chi connectivity index (χ3n) is 6.05. The first-order valence-corrected chi connectivity index (χ1v) is 9.57. The van der Waals surface area contributed by atoms with Gasteiger partial charge < -0.3 is 4.90 Å². The molecule has 1 aliphatic heterocycles. The zero-order valence-electron chi connectivity index (χ0n) is 16.0. The summed E-state index contributed by atoms with van der Waals surface area (Å²) in [4.78, 5) is 24.3. The molecule has 8 nitrogen and oxygen atoms in total. The predicted molar refractivity (Wildman–Crippen MR) is 103 cm³/mol. The standard InChI is InChI=1S/C20H21N7O/c1-13-14(2)27-18(24-26(19(27)28)12-20(11-21)6-7-20)23-17(13)25-9-5-16-15(10-25)4-3-8-22-16/h3-4,8H,5-7,9-10,12H2,1-2H3. The Morgan fingerprint density at radius 3 is 2.89 bits per heavy atom. The molecule has 0 unspecified atom stereocenters. The van der Waals surface area contributed by atoms with Gasteiger partial charge in [-0.3, -0.25) is 4.98 Å². The number of pyridine rings is 1. The van der Waals surface area contributed by atoms with Crippen LogP contribution in [0.1, 0.15) is 35.4 Å². The monoisotopic (exact) mass is 375 g/mol. The first-order chi connectivity index (χ1) is 13.5. The summed E-state index contributed by atoms with van der Waals surface area (Å²) < 4.78 is 2.97. The second-order valence-electron chi connectivity index (χ2n) is 7.89. The summed E-state index contributed by atoms with van der Waals surface area (Å²) in [5, 5.41) is 13.8. The van der Waals surface area contributed by atoms with E-state index in [9.17, 15) is 10.1 Å². The molecule has 0 N–H and O–H groups in total. The summed E-state index contributed by atoms with van der Waals surface area (Å²) in [5.41, 5.74) is 3.51. The Balaban J connectivity index is 1.57. The number of nitriles is 1. The van der Waals surface area contributed by atoms with Gasteiger partial charge in [-0.1, -0.05) is 6.07 Å². The van der Waals surface area contributed by atoms with Crippen LogP contribution in [-0.2, 0) is 19.5 Å². The van der Waals surface area contributed by atoms with Gasteiger partial charge in [0.2, 0.25) is 0 Å². The van der Waals surface area contributed by atoms with E-state index in [1.165, 1.54) is 10.2 Å². The summed E-state index contributed by atoms with van der Waals surface area (Å²) in [5.74, 6) is 1.26. The maximum atomic E-state index is 12.9. The number of hydrogen-bond donors (Lipinski definition) is 0. The molecule has 0 amide bonds. The Labute approximate surface area is 162 Å². The maximum absolute atomic E-state index is 12.9. The van der Waals surface area contributed by atoms with E-state index >= 15 is 0 Å². The van der Waals surface area contributed by atoms with E-state index in [4.69, 9.17) is 4.98 Å². The lowest BCUT2D eigenvalue weighted by Gasteiger charge is -2.30. The van der Waals surface area contributed by atoms with Crippen LogP contribution < -0.4 is 10.6 Å². The number of aromatic nitrogens is 5. The third kappa shape index (κ3) is 2.50. The van der Waals surface area contributed by atoms with Crippen molar-refractivity contribution in [3.8, 4) is 6.07 Å². The molecular weight excluding hydrogens is 354 g/mol. The lowest BCUT2D eigenvalue weighted by Crippen LogP contribution is -2.33. The highest BCUT2D eigenvalue weighted by molar-refractivity contribution is 5.54. The topological polar surface area (TPSA) is 92.1 Å². The molecule has 1 aliphatic carbocycles. The van der Waals surface area contributed by atoms with Crippen LogP contribution >= 0.6 is 0 Å². The van der Waals surface area contributed by atoms with E-state index in [1.54, 1.807) is 4.40 Å². The van der Waals surface area contributed by atoms with Crippen LogP contribution in [0.4, 0.5) is 5.82 Å². The highest BCUT2D eigenvalue weighted by Crippen LogP contribution is 2.45. The van der Waals surface area contributed by atoms with Crippen molar-refractivity contribution in [2.45, 2.75) is 46.2 Å². The highest BCUT2D eigenvalue weighted by Gasteiger charge is 2.44. The van der Waals surface area contributed by atoms with Crippen LogP contribution in [0.25, 0.3) is 5.78 Å². The Morgan fingerprint density at radius 2 is 2.14 bits per heavy atom. The molecule has 0 radical (unpaired) electrons. The summed E-state index contributed by atoms with van der Waals surface area (Å²) in [7, 11) is 0. The lowest BCUT2D eigenvalue weighted by molar-refractivity contribution is 0.472. The Hall–Kier alpha value is -3.21. The second-order valence-corrected chi connectivity index (χ2v) is 7.89. The van der Waals surface area contributed by atoms with Gasteiger partial charge in [-0.2, -0.15) is 10.2 Å². The summed E-state index contributed by atoms with van der Waals surface area (Å²) in [6.45, 7) is 5.84. The van der Waals surface area contributed by atoms with Gasteiger partial charge in [-0.25, -0.2) is 13.9 Å². The normalized spacial score (nSPS) is 17.4. The average molecular weight is 375 g/mol. The van der Waals surface area contributed by atoms with Crippen molar-refractivity contribution in [1.82, 2.24) is 24.1 Å². The van der Waals surface area contributed by atoms with E-state index in [0.29, 0.717) is 12.3 Å². The second kappa shape index (κ2) is 5.89. The van der Waals surface area contributed by atoms with Crippen molar-refractivity contribution < 1.29 is 0 Å². The molecular formula is C20H21N7O. The largest absolute Gasteiger partial charge is 0.351 e. The molecule has 5 rings (SSSR count). The molecule has 28 heavy (non-hydrogen) atoms. The fraction of sp³-hybridized carbons (Fsp3) is 0.450. The number of fused-ring (bicyclic) bond motifs is 2. The fourth-order valence-electron chi connectivity index (χ4n) is 3.97. The number of nitrogens with zero attached hydrogens (tertiary/aromatic N) is 7. The number of hydrogen-bond acceptors (Lipinski definition) is 6. The molecule has 1 saturated carbocycles. The minimum absolute atomic E-state index is 0.218. The quantitative estimate of drug-likeness (QED) is 0.693. The van der Waals surface area contributed by atoms with Crippen LogP contribution in [0.2, 0.25) is 0 Å². The molecule has 1 fully saturated rings. The Morgan fingerprint density at radius 1 is 1.32 bits per heavy atom. The summed E-state index contributed by atoms with van der Waals surface area (Å²) in [6, 6.07) is 6.39. The van der Waals surface area contributed by atoms with Gasteiger partial charge in [0.25, 0.3) is 5.78 Å². The molecule has 8 heteroatoms. The summed E-state index contributed by atoms with van der Waals surface area (Å²) >= 11 is 0.